The molecule has 0 radical (unpaired) electrons. The summed E-state index contributed by atoms with van der Waals surface area (Å²) in [5.41, 5.74) is 22.7. The Kier molecular flexibility index (Phi) is 11.0. The highest BCUT2D eigenvalue weighted by molar-refractivity contribution is 5.97. The molecule has 1 aliphatic carbocycles. The van der Waals surface area contributed by atoms with Crippen LogP contribution >= 0.6 is 0 Å². The highest BCUT2D eigenvalue weighted by Crippen LogP contribution is 2.36. The zero-order chi connectivity index (χ0) is 32.1. The fourth-order valence-corrected chi connectivity index (χ4v) is 5.24. The van der Waals surface area contributed by atoms with Crippen molar-refractivity contribution in [3.05, 3.63) is 186 Å². The van der Waals surface area contributed by atoms with Crippen LogP contribution in [0.1, 0.15) is 29.2 Å². The highest BCUT2D eigenvalue weighted by Gasteiger charge is 2.15. The Labute approximate surface area is 272 Å². The fourth-order valence-electron chi connectivity index (χ4n) is 5.24. The molecule has 4 nitrogen and oxygen atoms in total. The Morgan fingerprint density at radius 1 is 0.761 bits per heavy atom. The van der Waals surface area contributed by atoms with Crippen LogP contribution in [-0.2, 0) is 6.42 Å². The number of likely N-dealkylation sites (N-methyl/N-ethyl adjacent to an activating group) is 1. The zero-order valence-electron chi connectivity index (χ0n) is 26.5. The van der Waals surface area contributed by atoms with E-state index in [1.165, 1.54) is 44.5 Å². The first-order chi connectivity index (χ1) is 22.6. The van der Waals surface area contributed by atoms with Gasteiger partial charge in [0.25, 0.3) is 0 Å². The number of aromatic amines is 1. The first-order valence-corrected chi connectivity index (χ1v) is 15.6. The largest absolute Gasteiger partial charge is 0.388 e. The van der Waals surface area contributed by atoms with Crippen LogP contribution in [0.25, 0.3) is 33.4 Å². The molecule has 0 saturated carbocycles. The number of nitrogens with one attached hydrogen (secondary N) is 2. The van der Waals surface area contributed by atoms with Crippen molar-refractivity contribution in [2.45, 2.75) is 13.3 Å². The smallest absolute Gasteiger partial charge is 0.0376 e. The summed E-state index contributed by atoms with van der Waals surface area (Å²) in [5, 5.41) is 2.91. The second kappa shape index (κ2) is 15.9. The lowest BCUT2D eigenvalue weighted by molar-refractivity contribution is 1.02. The van der Waals surface area contributed by atoms with Gasteiger partial charge in [0.1, 0.15) is 0 Å². The maximum atomic E-state index is 4.85. The molecule has 0 amide bonds. The van der Waals surface area contributed by atoms with Crippen LogP contribution in [0.15, 0.2) is 169 Å². The first-order valence-electron chi connectivity index (χ1n) is 15.6. The quantitative estimate of drug-likeness (QED) is 0.155. The third-order valence-electron chi connectivity index (χ3n) is 7.60. The Hall–Kier alpha value is -5.67. The number of hydrogen-bond donors (Lipinski definition) is 3. The second-order valence-electron chi connectivity index (χ2n) is 10.8. The Morgan fingerprint density at radius 2 is 1.33 bits per heavy atom. The van der Waals surface area contributed by atoms with E-state index < -0.39 is 0 Å². The summed E-state index contributed by atoms with van der Waals surface area (Å²) in [7, 11) is 1.84. The third-order valence-corrected chi connectivity index (χ3v) is 7.60. The van der Waals surface area contributed by atoms with Gasteiger partial charge < -0.3 is 16.0 Å². The average molecular weight is 601 g/mol. The lowest BCUT2D eigenvalue weighted by Gasteiger charge is -2.12. The molecule has 2 aliphatic rings. The summed E-state index contributed by atoms with van der Waals surface area (Å²) in [6, 6.07) is 38.8. The van der Waals surface area contributed by atoms with Gasteiger partial charge in [0, 0.05) is 54.3 Å². The minimum Gasteiger partial charge on any atom is -0.388 e. The normalized spacial score (nSPS) is 12.4. The molecule has 0 atom stereocenters. The van der Waals surface area contributed by atoms with Gasteiger partial charge in [-0.15, -0.1) is 5.73 Å². The molecule has 0 spiro atoms. The molecule has 0 fully saturated rings. The third kappa shape index (κ3) is 7.88. The van der Waals surface area contributed by atoms with E-state index in [1.807, 2.05) is 20.2 Å². The van der Waals surface area contributed by atoms with Gasteiger partial charge in [-0.25, -0.2) is 0 Å². The zero-order valence-corrected chi connectivity index (χ0v) is 26.5. The molecule has 228 valence electrons. The number of rotatable bonds is 8. The van der Waals surface area contributed by atoms with Crippen LogP contribution in [0.5, 0.6) is 0 Å². The topological polar surface area (TPSA) is 66.2 Å². The van der Waals surface area contributed by atoms with E-state index in [0.717, 1.165) is 35.4 Å². The molecule has 4 aromatic carbocycles. The van der Waals surface area contributed by atoms with E-state index in [-0.39, 0.29) is 0 Å². The minimum absolute atomic E-state index is 0.750. The van der Waals surface area contributed by atoms with Crippen molar-refractivity contribution in [3.8, 4) is 22.3 Å². The van der Waals surface area contributed by atoms with Crippen LogP contribution in [-0.4, -0.2) is 24.8 Å². The average Bonchev–Trinajstić information content (AvgIpc) is 3.78. The summed E-state index contributed by atoms with van der Waals surface area (Å²) in [6.07, 6.45) is 12.9. The summed E-state index contributed by atoms with van der Waals surface area (Å²) in [6.45, 7) is 6.38. The van der Waals surface area contributed by atoms with Gasteiger partial charge in [-0.3, -0.25) is 4.99 Å². The van der Waals surface area contributed by atoms with Crippen LogP contribution in [0, 0.1) is 0 Å². The van der Waals surface area contributed by atoms with Crippen LogP contribution in [0.2, 0.25) is 0 Å². The van der Waals surface area contributed by atoms with Crippen molar-refractivity contribution >= 4 is 17.4 Å². The van der Waals surface area contributed by atoms with E-state index in [4.69, 9.17) is 5.73 Å². The molecule has 7 rings (SSSR count). The Bertz CT molecular complexity index is 1920. The summed E-state index contributed by atoms with van der Waals surface area (Å²) < 4.78 is 0. The number of nitrogens with two attached hydrogens (primary N) is 1. The van der Waals surface area contributed by atoms with Gasteiger partial charge in [-0.2, -0.15) is 0 Å². The van der Waals surface area contributed by atoms with E-state index in [9.17, 15) is 0 Å². The van der Waals surface area contributed by atoms with Gasteiger partial charge in [-0.1, -0.05) is 117 Å². The second-order valence-corrected chi connectivity index (χ2v) is 10.8. The molecule has 0 bridgehead atoms. The molecule has 4 N–H and O–H groups in total. The van der Waals surface area contributed by atoms with Gasteiger partial charge in [0.2, 0.25) is 0 Å². The van der Waals surface area contributed by atoms with Crippen molar-refractivity contribution in [2.24, 2.45) is 10.7 Å². The van der Waals surface area contributed by atoms with Gasteiger partial charge in [-0.05, 0) is 75.7 Å². The highest BCUT2D eigenvalue weighted by atomic mass is 14.9. The molecule has 1 aliphatic heterocycles. The van der Waals surface area contributed by atoms with Gasteiger partial charge >= 0.3 is 0 Å². The summed E-state index contributed by atoms with van der Waals surface area (Å²) in [4.78, 5) is 6.94. The number of benzene rings is 4. The molecule has 0 unspecified atom stereocenters. The lowest BCUT2D eigenvalue weighted by atomic mass is 9.92. The fraction of sp³-hybridized carbons (Fsp3) is 0.0952. The number of aliphatic imine (C=N–C) groups is 1. The molecule has 2 heterocycles. The van der Waals surface area contributed by atoms with Crippen LogP contribution < -0.4 is 11.1 Å². The van der Waals surface area contributed by atoms with E-state index in [2.05, 4.69) is 155 Å². The van der Waals surface area contributed by atoms with Crippen LogP contribution in [0.3, 0.4) is 0 Å². The van der Waals surface area contributed by atoms with E-state index >= 15 is 0 Å². The SMILES string of the molecule is C1=C(c2ccccc2-c2ccccc2)C=CC=1c1ccc(Cc2cc[nH]c2)cc1-c1ccccc1.C=C(NC)C1=CN=C1.CCN. The van der Waals surface area contributed by atoms with E-state index in [0.29, 0.717) is 0 Å². The number of hydrogen-bond acceptors (Lipinski definition) is 3. The number of allylic oxidation sites excluding steroid dienone is 4. The molecule has 1 aromatic heterocycles. The maximum absolute atomic E-state index is 4.85. The van der Waals surface area contributed by atoms with Crippen molar-refractivity contribution in [2.75, 3.05) is 13.6 Å². The molecule has 0 saturated heterocycles. The molecule has 4 heteroatoms. The van der Waals surface area contributed by atoms with Crippen molar-refractivity contribution in [3.63, 3.8) is 0 Å². The number of nitrogens with zero attached hydrogens (tertiary/aromatic N) is 1. The molecular weight excluding hydrogens is 560 g/mol. The number of H-pyrrole nitrogens is 1. The number of aromatic nitrogens is 1. The predicted octanol–water partition coefficient (Wildman–Crippen LogP) is 9.23. The Balaban J connectivity index is 0.000000324. The lowest BCUT2D eigenvalue weighted by Crippen LogP contribution is -2.09. The minimum atomic E-state index is 0.750. The summed E-state index contributed by atoms with van der Waals surface area (Å²) in [5.74, 6) is 0. The maximum Gasteiger partial charge on any atom is 0.0376 e. The summed E-state index contributed by atoms with van der Waals surface area (Å²) >= 11 is 0. The van der Waals surface area contributed by atoms with Gasteiger partial charge in [0.05, 0.1) is 0 Å². The Morgan fingerprint density at radius 3 is 1.85 bits per heavy atom. The van der Waals surface area contributed by atoms with E-state index in [1.54, 1.807) is 12.4 Å². The van der Waals surface area contributed by atoms with Gasteiger partial charge in [0.15, 0.2) is 0 Å². The van der Waals surface area contributed by atoms with Crippen molar-refractivity contribution in [1.82, 2.24) is 10.3 Å². The van der Waals surface area contributed by atoms with Crippen LogP contribution in [0.4, 0.5) is 0 Å². The standard InChI is InChI=1S/C34H25N.C6H8N2.C2H7N/c1-3-9-27(10-4-1)31-13-7-8-14-32(31)29-16-17-30(23-29)33-18-15-25(21-26-19-20-35-24-26)22-34(33)28-11-5-2-6-12-28;1-5(7-2)6-3-8-4-6;1-2-3/h1-20,22,24,35H,21H2;3-4,7H,1H2,2H3;2-3H2,1H3. The predicted molar refractivity (Wildman–Crippen MR) is 196 cm³/mol. The van der Waals surface area contributed by atoms with Crippen molar-refractivity contribution in [1.29, 1.82) is 0 Å². The van der Waals surface area contributed by atoms with Crippen molar-refractivity contribution < 1.29 is 0 Å². The monoisotopic (exact) mass is 600 g/mol. The molecular formula is C42H40N4. The molecule has 5 aromatic rings. The molecule has 46 heavy (non-hydrogen) atoms. The first kappa shape index (κ1) is 31.7.